The first-order valence-electron chi connectivity index (χ1n) is 12.4. The number of amides is 1. The summed E-state index contributed by atoms with van der Waals surface area (Å²) in [6, 6.07) is 4.57. The fraction of sp³-hybridized carbons (Fsp3) is 0.667. The minimum atomic E-state index is -0.757. The number of phenols is 1. The maximum atomic E-state index is 12.1. The molecule has 1 aliphatic heterocycles. The summed E-state index contributed by atoms with van der Waals surface area (Å²) in [7, 11) is 0. The molecule has 0 aliphatic carbocycles. The molecule has 2 atom stereocenters. The fourth-order valence-electron chi connectivity index (χ4n) is 2.43. The van der Waals surface area contributed by atoms with E-state index in [1.165, 1.54) is 13.0 Å². The van der Waals surface area contributed by atoms with E-state index in [4.69, 9.17) is 24.8 Å². The van der Waals surface area contributed by atoms with E-state index in [1.54, 1.807) is 26.0 Å². The Balaban J connectivity index is -0.000000592. The molecular weight excluding hydrogens is 704 g/mol. The molecule has 0 aromatic heterocycles. The van der Waals surface area contributed by atoms with Crippen molar-refractivity contribution in [3.8, 4) is 5.75 Å². The van der Waals surface area contributed by atoms with Crippen LogP contribution in [0.4, 0.5) is 5.69 Å². The zero-order valence-corrected chi connectivity index (χ0v) is 27.7. The molecule has 2 unspecified atom stereocenters. The van der Waals surface area contributed by atoms with Gasteiger partial charge in [-0.2, -0.15) is 6.42 Å². The van der Waals surface area contributed by atoms with E-state index >= 15 is 0 Å². The van der Waals surface area contributed by atoms with Crippen molar-refractivity contribution in [2.24, 2.45) is 11.3 Å². The second-order valence-corrected chi connectivity index (χ2v) is 9.21. The molecule has 0 spiro atoms. The third kappa shape index (κ3) is 20.5. The van der Waals surface area contributed by atoms with Crippen LogP contribution in [0.2, 0.25) is 0 Å². The van der Waals surface area contributed by atoms with E-state index in [9.17, 15) is 14.7 Å². The van der Waals surface area contributed by atoms with Crippen LogP contribution in [-0.2, 0) is 25.7 Å². The molecule has 1 aromatic rings. The van der Waals surface area contributed by atoms with Gasteiger partial charge in [-0.3, -0.25) is 9.59 Å². The monoisotopic (exact) mass is 752 g/mol. The number of esters is 1. The van der Waals surface area contributed by atoms with Gasteiger partial charge in [-0.1, -0.05) is 53.5 Å². The summed E-state index contributed by atoms with van der Waals surface area (Å²) in [5.41, 5.74) is 0.140. The van der Waals surface area contributed by atoms with E-state index in [0.717, 1.165) is 12.3 Å². The Morgan fingerprint density at radius 2 is 1.70 bits per heavy atom. The summed E-state index contributed by atoms with van der Waals surface area (Å²) in [6.07, 6.45) is 0.907. The Bertz CT molecular complexity index is 735. The molecule has 5 N–H and O–H groups in total. The summed E-state index contributed by atoms with van der Waals surface area (Å²) in [5.74, 6) is -0.0149. The van der Waals surface area contributed by atoms with Gasteiger partial charge in [0.25, 0.3) is 0 Å². The van der Waals surface area contributed by atoms with Crippen LogP contribution >= 0.6 is 0 Å². The van der Waals surface area contributed by atoms with E-state index in [2.05, 4.69) is 26.1 Å². The minimum absolute atomic E-state index is 0. The topological polar surface area (TPSA) is 146 Å². The number of aliphatic hydroxyl groups excluding tert-OH is 3. The second-order valence-electron chi connectivity index (χ2n) is 9.21. The van der Waals surface area contributed by atoms with Crippen LogP contribution in [0.25, 0.3) is 0 Å². The molecule has 214 valence electrons. The molecule has 1 aliphatic rings. The van der Waals surface area contributed by atoms with Crippen molar-refractivity contribution in [3.63, 3.8) is 0 Å². The molecule has 1 amide bonds. The molecule has 1 heterocycles. The summed E-state index contributed by atoms with van der Waals surface area (Å²) < 4.78 is 9.66. The third-order valence-electron chi connectivity index (χ3n) is 4.84. The predicted octanol–water partition coefficient (Wildman–Crippen LogP) is 3.82. The van der Waals surface area contributed by atoms with Crippen molar-refractivity contribution >= 4 is 17.6 Å². The zero-order chi connectivity index (χ0) is 28.3. The van der Waals surface area contributed by atoms with Gasteiger partial charge in [0, 0.05) is 56.5 Å². The number of carbonyl (C=O) groups excluding carboxylic acids is 2. The fourth-order valence-corrected chi connectivity index (χ4v) is 2.43. The van der Waals surface area contributed by atoms with Gasteiger partial charge in [0.05, 0.1) is 31.1 Å². The number of benzene rings is 1. The Morgan fingerprint density at radius 3 is 2.08 bits per heavy atom. The van der Waals surface area contributed by atoms with Crippen LogP contribution in [0.15, 0.2) is 18.2 Å². The van der Waals surface area contributed by atoms with Crippen molar-refractivity contribution in [2.75, 3.05) is 25.1 Å². The third-order valence-corrected chi connectivity index (χ3v) is 4.84. The largest absolute Gasteiger partial charge is 0.506 e. The van der Waals surface area contributed by atoms with Gasteiger partial charge >= 0.3 is 5.97 Å². The quantitative estimate of drug-likeness (QED) is 0.161. The first kappa shape index (κ1) is 40.4. The normalized spacial score (nSPS) is 16.3. The molecular formula is C27H48NO8U-. The molecule has 0 bridgehead atoms. The van der Waals surface area contributed by atoms with Crippen LogP contribution in [0.1, 0.15) is 73.3 Å². The van der Waals surface area contributed by atoms with E-state index < -0.39 is 23.6 Å². The first-order chi connectivity index (χ1) is 16.8. The van der Waals surface area contributed by atoms with Crippen LogP contribution in [-0.4, -0.2) is 64.3 Å². The van der Waals surface area contributed by atoms with E-state index in [-0.39, 0.29) is 61.7 Å². The van der Waals surface area contributed by atoms with Crippen LogP contribution in [0.5, 0.6) is 5.75 Å². The molecule has 9 nitrogen and oxygen atoms in total. The van der Waals surface area contributed by atoms with Gasteiger partial charge in [-0.15, -0.1) is 0 Å². The van der Waals surface area contributed by atoms with Crippen molar-refractivity contribution in [2.45, 2.75) is 86.5 Å². The average molecular weight is 753 g/mol. The van der Waals surface area contributed by atoms with Crippen molar-refractivity contribution in [3.05, 3.63) is 30.7 Å². The van der Waals surface area contributed by atoms with Crippen molar-refractivity contribution in [1.82, 2.24) is 0 Å². The molecule has 1 aromatic carbocycles. The van der Waals surface area contributed by atoms with Gasteiger partial charge in [-0.25, -0.2) is 0 Å². The number of nitrogens with one attached hydrogen (secondary N) is 1. The van der Waals surface area contributed by atoms with Gasteiger partial charge in [0.1, 0.15) is 12.4 Å². The Labute approximate surface area is 246 Å². The number of aliphatic hydroxyl groups is 3. The van der Waals surface area contributed by atoms with Gasteiger partial charge in [0.2, 0.25) is 5.91 Å². The van der Waals surface area contributed by atoms with Gasteiger partial charge in [-0.05, 0) is 24.1 Å². The average Bonchev–Trinajstić information content (AvgIpc) is 2.81. The van der Waals surface area contributed by atoms with Crippen LogP contribution < -0.4 is 5.32 Å². The standard InChI is InChI=1S/C15H21NO5.C5H10O3.C5H11.C2H6.U/c1-10(18)21-9-11-4-5-13(19)12(8-11)16-14(20)15(2,3)6-7-17;6-4-1-5(7)3-8-2-4;1-4-5(2)3;1-2;/h4-5,8,17,19H,6-7,9H2,1-3H3,(H,16,20);4-7H,1-3H2;5H,1,4H2,2-3H3;1-2H3;/q;;-1;;. The second kappa shape index (κ2) is 22.8. The first-order valence-corrected chi connectivity index (χ1v) is 12.4. The molecule has 0 radical (unpaired) electrons. The number of rotatable bonds is 7. The SMILES string of the molecule is CC.CC(=O)OCc1ccc(O)c(NC(=O)C(C)(C)CCO)c1.OC1COCC(O)C1.[CH2-]CC(C)C.[U]. The number of hydrogen-bond donors (Lipinski definition) is 5. The van der Waals surface area contributed by atoms with Crippen LogP contribution in [0.3, 0.4) is 0 Å². The minimum Gasteiger partial charge on any atom is -0.506 e. The number of carbonyl (C=O) groups is 2. The Morgan fingerprint density at radius 1 is 1.19 bits per heavy atom. The summed E-state index contributed by atoms with van der Waals surface area (Å²) >= 11 is 0. The van der Waals surface area contributed by atoms with Crippen LogP contribution in [0, 0.1) is 49.4 Å². The van der Waals surface area contributed by atoms with Gasteiger partial charge in [0.15, 0.2) is 0 Å². The molecule has 1 saturated heterocycles. The number of phenolic OH excluding ortho intramolecular Hbond substituents is 1. The van der Waals surface area contributed by atoms with Gasteiger partial charge < -0.3 is 42.1 Å². The zero-order valence-electron chi connectivity index (χ0n) is 23.5. The Hall–Kier alpha value is -1.15. The molecule has 37 heavy (non-hydrogen) atoms. The molecule has 1 fully saturated rings. The number of anilines is 1. The molecule has 10 heteroatoms. The van der Waals surface area contributed by atoms with E-state index in [0.29, 0.717) is 31.6 Å². The maximum Gasteiger partial charge on any atom is 0.302 e. The smallest absolute Gasteiger partial charge is 0.302 e. The summed E-state index contributed by atoms with van der Waals surface area (Å²) in [6.45, 7) is 17.4. The number of ether oxygens (including phenoxy) is 2. The maximum absolute atomic E-state index is 12.1. The van der Waals surface area contributed by atoms with E-state index in [1.807, 2.05) is 13.8 Å². The summed E-state index contributed by atoms with van der Waals surface area (Å²) in [5, 5.41) is 39.0. The number of hydrogen-bond acceptors (Lipinski definition) is 8. The number of aromatic hydroxyl groups is 1. The molecule has 2 rings (SSSR count). The molecule has 0 saturated carbocycles. The van der Waals surface area contributed by atoms with Crippen molar-refractivity contribution in [1.29, 1.82) is 0 Å². The predicted molar refractivity (Wildman–Crippen MR) is 141 cm³/mol. The Kier molecular flexibility index (Phi) is 24.9. The summed E-state index contributed by atoms with van der Waals surface area (Å²) in [4.78, 5) is 22.9. The van der Waals surface area contributed by atoms with Crippen molar-refractivity contribution < 1.29 is 70.6 Å².